The third-order valence-electron chi connectivity index (χ3n) is 4.94. The number of quaternary nitrogens is 1. The highest BCUT2D eigenvalue weighted by atomic mass is 32.1. The fourth-order valence-electron chi connectivity index (χ4n) is 3.24. The van der Waals surface area contributed by atoms with Gasteiger partial charge in [-0.25, -0.2) is 9.37 Å². The molecule has 0 saturated carbocycles. The van der Waals surface area contributed by atoms with E-state index >= 15 is 0 Å². The summed E-state index contributed by atoms with van der Waals surface area (Å²) < 4.78 is 21.0. The van der Waals surface area contributed by atoms with Crippen LogP contribution in [0.25, 0.3) is 10.2 Å². The van der Waals surface area contributed by atoms with Gasteiger partial charge >= 0.3 is 0 Å². The van der Waals surface area contributed by atoms with Crippen LogP contribution in [-0.2, 0) is 0 Å². The highest BCUT2D eigenvalue weighted by Gasteiger charge is 2.25. The third kappa shape index (κ3) is 4.74. The molecule has 0 radical (unpaired) electrons. The summed E-state index contributed by atoms with van der Waals surface area (Å²) in [5.41, 5.74) is 0.794. The molecule has 1 aromatic heterocycles. The maximum atomic E-state index is 14.3. The number of likely N-dealkylation sites (N-methyl/N-ethyl adjacent to an activating group) is 1. The van der Waals surface area contributed by atoms with E-state index in [0.717, 1.165) is 29.9 Å². The first kappa shape index (κ1) is 21.2. The number of rotatable bonds is 9. The van der Waals surface area contributed by atoms with Crippen molar-refractivity contribution < 1.29 is 18.8 Å². The largest absolute Gasteiger partial charge is 0.492 e. The van der Waals surface area contributed by atoms with Crippen LogP contribution >= 0.6 is 11.3 Å². The summed E-state index contributed by atoms with van der Waals surface area (Å²) in [4.78, 5) is 20.9. The van der Waals surface area contributed by atoms with Crippen LogP contribution in [0.1, 0.15) is 31.1 Å². The molecule has 29 heavy (non-hydrogen) atoms. The Hall–Kier alpha value is -2.51. The summed E-state index contributed by atoms with van der Waals surface area (Å²) in [5.74, 6) is -0.194. The molecular weight excluding hydrogens is 389 g/mol. The number of thiazole rings is 1. The topological polar surface area (TPSA) is 46.9 Å². The fourth-order valence-corrected chi connectivity index (χ4v) is 4.24. The first-order valence-corrected chi connectivity index (χ1v) is 10.8. The highest BCUT2D eigenvalue weighted by Crippen LogP contribution is 2.34. The number of para-hydroxylation sites is 1. The van der Waals surface area contributed by atoms with Crippen molar-refractivity contribution in [3.05, 3.63) is 53.8 Å². The molecule has 0 saturated heterocycles. The zero-order valence-electron chi connectivity index (χ0n) is 17.1. The smallest absolute Gasteiger partial charge is 0.263 e. The Morgan fingerprint density at radius 2 is 1.90 bits per heavy atom. The molecule has 1 N–H and O–H groups in total. The van der Waals surface area contributed by atoms with Gasteiger partial charge in [-0.1, -0.05) is 29.5 Å². The Balaban J connectivity index is 2.00. The molecule has 0 unspecified atom stereocenters. The van der Waals surface area contributed by atoms with E-state index < -0.39 is 5.82 Å². The standard InChI is InChI=1S/C22H26FN3O2S/c1-4-25(5-2)14-15-26(21(27)16-10-7-8-11-17(16)23)22-24-20-18(28-6-3)12-9-13-19(20)29-22/h7-13H,4-6,14-15H2,1-3H3/p+1. The molecule has 0 aliphatic heterocycles. The Morgan fingerprint density at radius 1 is 1.14 bits per heavy atom. The normalized spacial score (nSPS) is 11.2. The lowest BCUT2D eigenvalue weighted by molar-refractivity contribution is -0.894. The Labute approximate surface area is 174 Å². The zero-order chi connectivity index (χ0) is 20.8. The van der Waals surface area contributed by atoms with E-state index in [0.29, 0.717) is 24.0 Å². The van der Waals surface area contributed by atoms with E-state index in [1.165, 1.54) is 28.4 Å². The van der Waals surface area contributed by atoms with Gasteiger partial charge < -0.3 is 9.64 Å². The van der Waals surface area contributed by atoms with Crippen LogP contribution in [0.2, 0.25) is 0 Å². The number of hydrogen-bond donors (Lipinski definition) is 1. The number of anilines is 1. The molecule has 1 heterocycles. The summed E-state index contributed by atoms with van der Waals surface area (Å²) in [6.45, 7) is 9.86. The fraction of sp³-hybridized carbons (Fsp3) is 0.364. The Kier molecular flexibility index (Phi) is 7.17. The molecule has 7 heteroatoms. The highest BCUT2D eigenvalue weighted by molar-refractivity contribution is 7.22. The van der Waals surface area contributed by atoms with Crippen molar-refractivity contribution in [1.82, 2.24) is 4.98 Å². The monoisotopic (exact) mass is 416 g/mol. The molecule has 0 aliphatic rings. The number of halogens is 1. The van der Waals surface area contributed by atoms with Gasteiger partial charge in [-0.05, 0) is 45.0 Å². The van der Waals surface area contributed by atoms with Crippen molar-refractivity contribution in [3.8, 4) is 5.75 Å². The minimum atomic E-state index is -0.520. The van der Waals surface area contributed by atoms with Crippen LogP contribution in [-0.4, -0.2) is 43.7 Å². The average molecular weight is 417 g/mol. The van der Waals surface area contributed by atoms with E-state index in [4.69, 9.17) is 9.72 Å². The van der Waals surface area contributed by atoms with Crippen LogP contribution in [0, 0.1) is 5.82 Å². The van der Waals surface area contributed by atoms with Crippen LogP contribution in [0.5, 0.6) is 5.75 Å². The van der Waals surface area contributed by atoms with Crippen molar-refractivity contribution in [1.29, 1.82) is 0 Å². The molecule has 1 amide bonds. The van der Waals surface area contributed by atoms with Crippen LogP contribution < -0.4 is 14.5 Å². The number of nitrogens with zero attached hydrogens (tertiary/aromatic N) is 2. The van der Waals surface area contributed by atoms with Crippen LogP contribution in [0.15, 0.2) is 42.5 Å². The number of ether oxygens (including phenoxy) is 1. The Morgan fingerprint density at radius 3 is 2.59 bits per heavy atom. The van der Waals surface area contributed by atoms with Gasteiger partial charge in [0.15, 0.2) is 5.13 Å². The Bertz CT molecular complexity index is 972. The number of aromatic nitrogens is 1. The van der Waals surface area contributed by atoms with Gasteiger partial charge in [-0.3, -0.25) is 9.69 Å². The van der Waals surface area contributed by atoms with Crippen LogP contribution in [0.4, 0.5) is 9.52 Å². The summed E-state index contributed by atoms with van der Waals surface area (Å²) in [6.07, 6.45) is 0. The summed E-state index contributed by atoms with van der Waals surface area (Å²) in [7, 11) is 0. The average Bonchev–Trinajstić information content (AvgIpc) is 3.16. The van der Waals surface area contributed by atoms with Gasteiger partial charge in [0.1, 0.15) is 17.1 Å². The van der Waals surface area contributed by atoms with Gasteiger partial charge in [0.05, 0.1) is 43.0 Å². The lowest BCUT2D eigenvalue weighted by Gasteiger charge is -2.23. The number of fused-ring (bicyclic) bond motifs is 1. The lowest BCUT2D eigenvalue weighted by atomic mass is 10.2. The number of carbonyl (C=O) groups excluding carboxylic acids is 1. The van der Waals surface area contributed by atoms with Gasteiger partial charge in [0, 0.05) is 0 Å². The minimum Gasteiger partial charge on any atom is -0.492 e. The molecule has 3 aromatic rings. The van der Waals surface area contributed by atoms with Gasteiger partial charge in [0.2, 0.25) is 0 Å². The SMILES string of the molecule is CCOc1cccc2sc(N(CC[NH+](CC)CC)C(=O)c3ccccc3F)nc12. The maximum Gasteiger partial charge on any atom is 0.263 e. The molecule has 0 spiro atoms. The van der Waals surface area contributed by atoms with Gasteiger partial charge in [-0.2, -0.15) is 0 Å². The quantitative estimate of drug-likeness (QED) is 0.582. The second-order valence-electron chi connectivity index (χ2n) is 6.68. The van der Waals surface area contributed by atoms with E-state index in [1.807, 2.05) is 25.1 Å². The van der Waals surface area contributed by atoms with Crippen molar-refractivity contribution in [2.24, 2.45) is 0 Å². The van der Waals surface area contributed by atoms with E-state index in [9.17, 15) is 9.18 Å². The molecular formula is C22H27FN3O2S+. The van der Waals surface area contributed by atoms with Crippen molar-refractivity contribution >= 4 is 32.6 Å². The minimum absolute atomic E-state index is 0.0614. The van der Waals surface area contributed by atoms with Gasteiger partial charge in [0.25, 0.3) is 5.91 Å². The lowest BCUT2D eigenvalue weighted by Crippen LogP contribution is -3.12. The number of amides is 1. The molecule has 3 rings (SSSR count). The summed E-state index contributed by atoms with van der Waals surface area (Å²) in [5, 5.41) is 0.562. The second-order valence-corrected chi connectivity index (χ2v) is 7.69. The van der Waals surface area contributed by atoms with Gasteiger partial charge in [-0.15, -0.1) is 0 Å². The molecule has 0 fully saturated rings. The maximum absolute atomic E-state index is 14.3. The molecule has 5 nitrogen and oxygen atoms in total. The molecule has 2 aromatic carbocycles. The molecule has 0 atom stereocenters. The summed E-state index contributed by atoms with van der Waals surface area (Å²) in [6, 6.07) is 11.8. The second kappa shape index (κ2) is 9.80. The van der Waals surface area contributed by atoms with Crippen molar-refractivity contribution in [3.63, 3.8) is 0 Å². The first-order chi connectivity index (χ1) is 14.1. The molecule has 0 bridgehead atoms. The summed E-state index contributed by atoms with van der Waals surface area (Å²) >= 11 is 1.42. The number of carbonyl (C=O) groups is 1. The number of benzene rings is 2. The van der Waals surface area contributed by atoms with E-state index in [2.05, 4.69) is 13.8 Å². The van der Waals surface area contributed by atoms with E-state index in [-0.39, 0.29) is 11.5 Å². The van der Waals surface area contributed by atoms with Crippen LogP contribution in [0.3, 0.4) is 0 Å². The molecule has 154 valence electrons. The number of hydrogen-bond acceptors (Lipinski definition) is 4. The predicted molar refractivity (Wildman–Crippen MR) is 116 cm³/mol. The first-order valence-electron chi connectivity index (χ1n) is 10.0. The van der Waals surface area contributed by atoms with E-state index in [1.54, 1.807) is 17.0 Å². The predicted octanol–water partition coefficient (Wildman–Crippen LogP) is 3.41. The third-order valence-corrected chi connectivity index (χ3v) is 5.98. The zero-order valence-corrected chi connectivity index (χ0v) is 17.9. The van der Waals surface area contributed by atoms with Crippen molar-refractivity contribution in [2.75, 3.05) is 37.7 Å². The van der Waals surface area contributed by atoms with Crippen molar-refractivity contribution in [2.45, 2.75) is 20.8 Å². The number of nitrogens with one attached hydrogen (secondary N) is 1. The molecule has 0 aliphatic carbocycles.